The topological polar surface area (TPSA) is 67.2 Å². The predicted molar refractivity (Wildman–Crippen MR) is 137 cm³/mol. The minimum Gasteiger partial charge on any atom is -0.349 e. The van der Waals surface area contributed by atoms with Crippen molar-refractivity contribution >= 4 is 33.4 Å². The van der Waals surface area contributed by atoms with Crippen LogP contribution < -0.4 is 15.8 Å². The number of anilines is 1. The molecule has 9 heteroatoms. The number of fused-ring (bicyclic) bond motifs is 1. The summed E-state index contributed by atoms with van der Waals surface area (Å²) >= 11 is 1.36. The average molecular weight is 509 g/mol. The largest absolute Gasteiger partial charge is 0.349 e. The molecule has 6 nitrogen and oxygen atoms in total. The number of carbonyl (C=O) groups excluding carboxylic acids is 1. The van der Waals surface area contributed by atoms with Crippen LogP contribution in [0.25, 0.3) is 10.2 Å². The molecule has 0 spiro atoms. The lowest BCUT2D eigenvalue weighted by molar-refractivity contribution is -0.126. The third-order valence-electron chi connectivity index (χ3n) is 6.68. The molecule has 2 aromatic carbocycles. The number of nitrogens with one attached hydrogen (secondary N) is 1. The van der Waals surface area contributed by atoms with E-state index >= 15 is 0 Å². The zero-order valence-corrected chi connectivity index (χ0v) is 20.6. The maximum atomic E-state index is 13.4. The van der Waals surface area contributed by atoms with Gasteiger partial charge in [-0.3, -0.25) is 14.2 Å². The van der Waals surface area contributed by atoms with Crippen molar-refractivity contribution in [2.45, 2.75) is 32.4 Å². The molecule has 5 rings (SSSR count). The lowest BCUT2D eigenvalue weighted by atomic mass is 9.95. The van der Waals surface area contributed by atoms with Gasteiger partial charge in [-0.2, -0.15) is 0 Å². The van der Waals surface area contributed by atoms with Gasteiger partial charge >= 0.3 is 0 Å². The number of piperidine rings is 1. The Balaban J connectivity index is 1.32. The van der Waals surface area contributed by atoms with Crippen LogP contribution in [-0.4, -0.2) is 28.5 Å². The quantitative estimate of drug-likeness (QED) is 0.403. The number of carbonyl (C=O) groups is 1. The normalized spacial score (nSPS) is 15.2. The molecule has 0 aliphatic carbocycles. The Labute approximate surface area is 211 Å². The first-order chi connectivity index (χ1) is 17.4. The van der Waals surface area contributed by atoms with E-state index in [0.29, 0.717) is 42.1 Å². The molecule has 1 N–H and O–H groups in total. The van der Waals surface area contributed by atoms with Crippen LogP contribution in [0.4, 0.5) is 14.7 Å². The van der Waals surface area contributed by atoms with Gasteiger partial charge in [-0.15, -0.1) is 11.3 Å². The highest BCUT2D eigenvalue weighted by atomic mass is 32.1. The van der Waals surface area contributed by atoms with Gasteiger partial charge in [-0.25, -0.2) is 13.8 Å². The van der Waals surface area contributed by atoms with E-state index in [9.17, 15) is 18.4 Å². The fourth-order valence-electron chi connectivity index (χ4n) is 4.60. The highest BCUT2D eigenvalue weighted by Crippen LogP contribution is 2.26. The summed E-state index contributed by atoms with van der Waals surface area (Å²) in [5, 5.41) is 4.89. The van der Waals surface area contributed by atoms with Crippen LogP contribution in [0.15, 0.2) is 64.8 Å². The monoisotopic (exact) mass is 508 g/mol. The van der Waals surface area contributed by atoms with E-state index in [-0.39, 0.29) is 41.6 Å². The van der Waals surface area contributed by atoms with Gasteiger partial charge in [0.25, 0.3) is 5.56 Å². The second kappa shape index (κ2) is 10.2. The van der Waals surface area contributed by atoms with E-state index in [1.165, 1.54) is 35.6 Å². The van der Waals surface area contributed by atoms with Crippen LogP contribution in [0.2, 0.25) is 0 Å². The summed E-state index contributed by atoms with van der Waals surface area (Å²) in [7, 11) is 0. The second-order valence-corrected chi connectivity index (χ2v) is 10.0. The van der Waals surface area contributed by atoms with E-state index in [1.54, 1.807) is 28.8 Å². The third kappa shape index (κ3) is 5.02. The van der Waals surface area contributed by atoms with E-state index in [4.69, 9.17) is 4.98 Å². The second-order valence-electron chi connectivity index (χ2n) is 9.11. The van der Waals surface area contributed by atoms with E-state index in [1.807, 2.05) is 18.4 Å². The average Bonchev–Trinajstić information content (AvgIpc) is 3.36. The molecule has 1 atom stereocenters. The Kier molecular flexibility index (Phi) is 6.82. The molecular formula is C27H26F2N4O2S. The molecule has 1 aliphatic heterocycles. The molecule has 0 radical (unpaired) electrons. The van der Waals surface area contributed by atoms with Crippen LogP contribution in [0, 0.1) is 17.6 Å². The smallest absolute Gasteiger partial charge is 0.273 e. The zero-order valence-electron chi connectivity index (χ0n) is 19.8. The predicted octanol–water partition coefficient (Wildman–Crippen LogP) is 4.88. The van der Waals surface area contributed by atoms with Crippen molar-refractivity contribution in [3.63, 3.8) is 0 Å². The van der Waals surface area contributed by atoms with Crippen molar-refractivity contribution < 1.29 is 13.6 Å². The number of thiophene rings is 1. The van der Waals surface area contributed by atoms with Gasteiger partial charge in [0.05, 0.1) is 18.1 Å². The zero-order chi connectivity index (χ0) is 25.2. The number of benzene rings is 2. The summed E-state index contributed by atoms with van der Waals surface area (Å²) in [4.78, 5) is 33.1. The fraction of sp³-hybridized carbons (Fsp3) is 0.296. The Morgan fingerprint density at radius 2 is 1.69 bits per heavy atom. The molecule has 186 valence electrons. The maximum absolute atomic E-state index is 13.4. The lowest BCUT2D eigenvalue weighted by Crippen LogP contribution is -2.43. The fourth-order valence-corrected chi connectivity index (χ4v) is 5.37. The van der Waals surface area contributed by atoms with Gasteiger partial charge in [0.2, 0.25) is 11.9 Å². The van der Waals surface area contributed by atoms with Crippen LogP contribution in [0.5, 0.6) is 0 Å². The highest BCUT2D eigenvalue weighted by molar-refractivity contribution is 7.17. The molecule has 3 heterocycles. The van der Waals surface area contributed by atoms with Gasteiger partial charge in [-0.1, -0.05) is 24.3 Å². The standard InChI is InChI=1S/C27H26F2N4O2S/c1-17(19-4-8-22(29)9-5-19)30-25(34)20-10-13-32(14-11-20)27-31-23-12-15-36-24(23)26(35)33(27)16-18-2-6-21(28)7-3-18/h2-9,12,15,17,20H,10-11,13-14,16H2,1H3,(H,30,34)/t17-/m1/s1. The summed E-state index contributed by atoms with van der Waals surface area (Å²) in [6.07, 6.45) is 1.24. The van der Waals surface area contributed by atoms with Gasteiger partial charge in [0.15, 0.2) is 0 Å². The van der Waals surface area contributed by atoms with Crippen molar-refractivity contribution in [2.75, 3.05) is 18.0 Å². The van der Waals surface area contributed by atoms with Gasteiger partial charge in [-0.05, 0) is 66.6 Å². The lowest BCUT2D eigenvalue weighted by Gasteiger charge is -2.33. The summed E-state index contributed by atoms with van der Waals surface area (Å²) < 4.78 is 28.8. The molecule has 36 heavy (non-hydrogen) atoms. The van der Waals surface area contributed by atoms with Crippen LogP contribution >= 0.6 is 11.3 Å². The van der Waals surface area contributed by atoms with Crippen molar-refractivity contribution in [1.82, 2.24) is 14.9 Å². The van der Waals surface area contributed by atoms with Crippen molar-refractivity contribution in [3.05, 3.63) is 93.1 Å². The third-order valence-corrected chi connectivity index (χ3v) is 7.57. The summed E-state index contributed by atoms with van der Waals surface area (Å²) in [6, 6.07) is 13.8. The molecule has 1 aliphatic rings. The number of hydrogen-bond acceptors (Lipinski definition) is 5. The number of amides is 1. The molecule has 1 fully saturated rings. The van der Waals surface area contributed by atoms with Gasteiger partial charge in [0, 0.05) is 19.0 Å². The number of nitrogens with zero attached hydrogens (tertiary/aromatic N) is 3. The van der Waals surface area contributed by atoms with E-state index in [2.05, 4.69) is 10.2 Å². The Bertz CT molecular complexity index is 1430. The van der Waals surface area contributed by atoms with Crippen LogP contribution in [-0.2, 0) is 11.3 Å². The summed E-state index contributed by atoms with van der Waals surface area (Å²) in [5.41, 5.74) is 2.19. The molecule has 0 unspecified atom stereocenters. The first-order valence-corrected chi connectivity index (χ1v) is 12.8. The molecule has 1 saturated heterocycles. The number of aromatic nitrogens is 2. The summed E-state index contributed by atoms with van der Waals surface area (Å²) in [6.45, 7) is 3.32. The molecule has 2 aromatic heterocycles. The first-order valence-electron chi connectivity index (χ1n) is 11.9. The minimum atomic E-state index is -0.327. The first kappa shape index (κ1) is 24.1. The van der Waals surface area contributed by atoms with Crippen LogP contribution in [0.3, 0.4) is 0 Å². The number of rotatable bonds is 6. The molecule has 0 bridgehead atoms. The van der Waals surface area contributed by atoms with E-state index in [0.717, 1.165) is 11.1 Å². The number of hydrogen-bond donors (Lipinski definition) is 1. The Morgan fingerprint density at radius 1 is 1.06 bits per heavy atom. The van der Waals surface area contributed by atoms with Crippen molar-refractivity contribution in [3.8, 4) is 0 Å². The maximum Gasteiger partial charge on any atom is 0.273 e. The molecule has 4 aromatic rings. The SMILES string of the molecule is C[C@@H](NC(=O)C1CCN(c2nc3ccsc3c(=O)n2Cc2ccc(F)cc2)CC1)c1ccc(F)cc1. The van der Waals surface area contributed by atoms with Gasteiger partial charge in [0.1, 0.15) is 16.3 Å². The Hall–Kier alpha value is -3.59. The van der Waals surface area contributed by atoms with Crippen molar-refractivity contribution in [2.24, 2.45) is 5.92 Å². The number of halogens is 2. The van der Waals surface area contributed by atoms with E-state index < -0.39 is 0 Å². The van der Waals surface area contributed by atoms with Crippen molar-refractivity contribution in [1.29, 1.82) is 0 Å². The summed E-state index contributed by atoms with van der Waals surface area (Å²) in [5.74, 6) is -0.263. The molecule has 1 amide bonds. The molecular weight excluding hydrogens is 482 g/mol. The molecule has 0 saturated carbocycles. The highest BCUT2D eigenvalue weighted by Gasteiger charge is 2.28. The minimum absolute atomic E-state index is 0.0311. The Morgan fingerprint density at radius 3 is 2.36 bits per heavy atom. The van der Waals surface area contributed by atoms with Crippen LogP contribution in [0.1, 0.15) is 36.9 Å². The van der Waals surface area contributed by atoms with Gasteiger partial charge < -0.3 is 10.2 Å².